The van der Waals surface area contributed by atoms with E-state index in [4.69, 9.17) is 9.90 Å². The van der Waals surface area contributed by atoms with Gasteiger partial charge in [-0.1, -0.05) is 24.3 Å². The van der Waals surface area contributed by atoms with Crippen molar-refractivity contribution in [3.63, 3.8) is 0 Å². The molecule has 4 rings (SSSR count). The second-order valence-corrected chi connectivity index (χ2v) is 6.99. The smallest absolute Gasteiger partial charge is 0.475 e. The molecule has 2 aromatic rings. The highest BCUT2D eigenvalue weighted by Gasteiger charge is 2.38. The summed E-state index contributed by atoms with van der Waals surface area (Å²) in [5.41, 5.74) is 3.35. The Kier molecular flexibility index (Phi) is 6.56. The number of nitrogens with zero attached hydrogens (tertiary/aromatic N) is 2. The maximum atomic E-state index is 12.4. The van der Waals surface area contributed by atoms with Crippen LogP contribution in [-0.4, -0.2) is 47.3 Å². The van der Waals surface area contributed by atoms with Crippen molar-refractivity contribution < 1.29 is 27.9 Å². The second kappa shape index (κ2) is 9.12. The van der Waals surface area contributed by atoms with E-state index in [2.05, 4.69) is 44.8 Å². The number of carboxylic acid groups (broad SMARTS) is 1. The lowest BCUT2D eigenvalue weighted by Crippen LogP contribution is -2.36. The number of fused-ring (bicyclic) bond motifs is 1. The average Bonchev–Trinajstić information content (AvgIpc) is 3.37. The van der Waals surface area contributed by atoms with E-state index in [1.54, 1.807) is 12.3 Å². The van der Waals surface area contributed by atoms with Crippen molar-refractivity contribution in [2.45, 2.75) is 31.7 Å². The molecule has 0 spiro atoms. The summed E-state index contributed by atoms with van der Waals surface area (Å²) in [6.45, 7) is 3.52. The van der Waals surface area contributed by atoms with Crippen molar-refractivity contribution >= 4 is 17.7 Å². The molecular formula is C20H21F3N4O3. The van der Waals surface area contributed by atoms with Crippen LogP contribution in [0.25, 0.3) is 0 Å². The van der Waals surface area contributed by atoms with Crippen molar-refractivity contribution in [2.75, 3.05) is 18.0 Å². The number of carbonyl (C=O) groups excluding carboxylic acids is 1. The van der Waals surface area contributed by atoms with Crippen LogP contribution < -0.4 is 15.5 Å². The first-order chi connectivity index (χ1) is 14.2. The summed E-state index contributed by atoms with van der Waals surface area (Å²) in [6.07, 6.45) is -2.37. The van der Waals surface area contributed by atoms with E-state index in [0.29, 0.717) is 5.56 Å². The Labute approximate surface area is 170 Å². The molecule has 3 N–H and O–H groups in total. The number of hydrogen-bond acceptors (Lipinski definition) is 5. The molecule has 1 saturated heterocycles. The molecule has 1 fully saturated rings. The maximum absolute atomic E-state index is 12.4. The number of rotatable bonds is 3. The van der Waals surface area contributed by atoms with Crippen LogP contribution in [0.3, 0.4) is 0 Å². The van der Waals surface area contributed by atoms with Gasteiger partial charge in [-0.05, 0) is 36.2 Å². The standard InChI is InChI=1S/C18H20N4O.C2HF3O2/c23-18(21-16-6-7-19-10-16)13-5-8-20-17(9-13)22-11-14-3-1-2-4-15(14)12-22;3-2(4,5)1(6)7/h1-5,8-9,16,19H,6-7,10-12H2,(H,21,23);(H,6,7)/t16-;/m1./s1. The van der Waals surface area contributed by atoms with E-state index in [1.807, 2.05) is 6.07 Å². The van der Waals surface area contributed by atoms with Gasteiger partial charge in [0.1, 0.15) is 5.82 Å². The SMILES string of the molecule is O=C(N[C@@H]1CCNC1)c1ccnc(N2Cc3ccccc3C2)c1.O=C(O)C(F)(F)F. The van der Waals surface area contributed by atoms with Gasteiger partial charge in [0.15, 0.2) is 0 Å². The van der Waals surface area contributed by atoms with Gasteiger partial charge >= 0.3 is 12.1 Å². The highest BCUT2D eigenvalue weighted by atomic mass is 19.4. The zero-order valence-electron chi connectivity index (χ0n) is 15.9. The minimum Gasteiger partial charge on any atom is -0.475 e. The minimum absolute atomic E-state index is 0.0148. The average molecular weight is 422 g/mol. The molecule has 0 unspecified atom stereocenters. The second-order valence-electron chi connectivity index (χ2n) is 6.99. The zero-order chi connectivity index (χ0) is 21.7. The van der Waals surface area contributed by atoms with Gasteiger partial charge in [-0.2, -0.15) is 13.2 Å². The van der Waals surface area contributed by atoms with Crippen molar-refractivity contribution in [3.05, 3.63) is 59.3 Å². The summed E-state index contributed by atoms with van der Waals surface area (Å²) in [7, 11) is 0. The fourth-order valence-electron chi connectivity index (χ4n) is 3.27. The van der Waals surface area contributed by atoms with Crippen molar-refractivity contribution in [1.29, 1.82) is 0 Å². The molecule has 30 heavy (non-hydrogen) atoms. The highest BCUT2D eigenvalue weighted by molar-refractivity contribution is 5.95. The number of pyridine rings is 1. The third-order valence-electron chi connectivity index (χ3n) is 4.81. The monoisotopic (exact) mass is 422 g/mol. The number of nitrogens with one attached hydrogen (secondary N) is 2. The Morgan fingerprint density at radius 3 is 2.33 bits per heavy atom. The third kappa shape index (κ3) is 5.47. The van der Waals surface area contributed by atoms with Gasteiger partial charge in [-0.3, -0.25) is 4.79 Å². The molecule has 1 aromatic heterocycles. The van der Waals surface area contributed by atoms with Gasteiger partial charge in [-0.25, -0.2) is 9.78 Å². The van der Waals surface area contributed by atoms with Crippen molar-refractivity contribution in [1.82, 2.24) is 15.6 Å². The van der Waals surface area contributed by atoms with E-state index >= 15 is 0 Å². The van der Waals surface area contributed by atoms with Crippen LogP contribution in [0.5, 0.6) is 0 Å². The summed E-state index contributed by atoms with van der Waals surface area (Å²) in [5.74, 6) is -1.91. The number of alkyl halides is 3. The summed E-state index contributed by atoms with van der Waals surface area (Å²) in [6, 6.07) is 12.3. The molecule has 3 heterocycles. The molecule has 0 radical (unpaired) electrons. The molecule has 2 aliphatic rings. The van der Waals surface area contributed by atoms with E-state index < -0.39 is 12.1 Å². The Hall–Kier alpha value is -3.14. The largest absolute Gasteiger partial charge is 0.490 e. The molecule has 1 amide bonds. The molecule has 160 valence electrons. The lowest BCUT2D eigenvalue weighted by atomic mass is 10.1. The Bertz CT molecular complexity index is 889. The van der Waals surface area contributed by atoms with Crippen LogP contribution in [0.1, 0.15) is 27.9 Å². The summed E-state index contributed by atoms with van der Waals surface area (Å²) in [5, 5.41) is 13.5. The number of aliphatic carboxylic acids is 1. The molecule has 0 bridgehead atoms. The summed E-state index contributed by atoms with van der Waals surface area (Å²) in [4.78, 5) is 28.0. The molecule has 1 atom stereocenters. The predicted molar refractivity (Wildman–Crippen MR) is 103 cm³/mol. The number of hydrogen-bond donors (Lipinski definition) is 3. The van der Waals surface area contributed by atoms with Crippen LogP contribution in [-0.2, 0) is 17.9 Å². The molecule has 10 heteroatoms. The quantitative estimate of drug-likeness (QED) is 0.703. The normalized spacial score (nSPS) is 17.7. The van der Waals surface area contributed by atoms with Gasteiger partial charge in [0, 0.05) is 37.4 Å². The van der Waals surface area contributed by atoms with Gasteiger partial charge in [0.05, 0.1) is 0 Å². The predicted octanol–water partition coefficient (Wildman–Crippen LogP) is 2.33. The fourth-order valence-corrected chi connectivity index (χ4v) is 3.27. The zero-order valence-corrected chi connectivity index (χ0v) is 15.9. The minimum atomic E-state index is -5.08. The first-order valence-electron chi connectivity index (χ1n) is 9.33. The van der Waals surface area contributed by atoms with Crippen LogP contribution in [0, 0.1) is 0 Å². The number of carbonyl (C=O) groups is 2. The van der Waals surface area contributed by atoms with E-state index in [9.17, 15) is 18.0 Å². The third-order valence-corrected chi connectivity index (χ3v) is 4.81. The maximum Gasteiger partial charge on any atom is 0.490 e. The number of halogens is 3. The van der Waals surface area contributed by atoms with E-state index in [-0.39, 0.29) is 11.9 Å². The number of anilines is 1. The van der Waals surface area contributed by atoms with Crippen LogP contribution >= 0.6 is 0 Å². The lowest BCUT2D eigenvalue weighted by Gasteiger charge is -2.17. The van der Waals surface area contributed by atoms with E-state index in [0.717, 1.165) is 38.4 Å². The number of carboxylic acids is 1. The van der Waals surface area contributed by atoms with Crippen LogP contribution in [0.4, 0.5) is 19.0 Å². The van der Waals surface area contributed by atoms with Crippen molar-refractivity contribution in [3.8, 4) is 0 Å². The van der Waals surface area contributed by atoms with Crippen molar-refractivity contribution in [2.24, 2.45) is 0 Å². The highest BCUT2D eigenvalue weighted by Crippen LogP contribution is 2.27. The molecule has 0 saturated carbocycles. The Morgan fingerprint density at radius 1 is 1.17 bits per heavy atom. The van der Waals surface area contributed by atoms with Gasteiger partial charge < -0.3 is 20.6 Å². The van der Waals surface area contributed by atoms with Crippen LogP contribution in [0.2, 0.25) is 0 Å². The lowest BCUT2D eigenvalue weighted by molar-refractivity contribution is -0.192. The molecule has 2 aliphatic heterocycles. The molecule has 0 aliphatic carbocycles. The van der Waals surface area contributed by atoms with Gasteiger partial charge in [0.2, 0.25) is 0 Å². The summed E-state index contributed by atoms with van der Waals surface area (Å²) < 4.78 is 31.7. The number of amides is 1. The summed E-state index contributed by atoms with van der Waals surface area (Å²) >= 11 is 0. The van der Waals surface area contributed by atoms with E-state index in [1.165, 1.54) is 11.1 Å². The number of aromatic nitrogens is 1. The van der Waals surface area contributed by atoms with Gasteiger partial charge in [0.25, 0.3) is 5.91 Å². The topological polar surface area (TPSA) is 94.6 Å². The fraction of sp³-hybridized carbons (Fsp3) is 0.350. The molecular weight excluding hydrogens is 401 g/mol. The first-order valence-corrected chi connectivity index (χ1v) is 9.33. The Balaban J connectivity index is 0.000000318. The van der Waals surface area contributed by atoms with Crippen LogP contribution in [0.15, 0.2) is 42.6 Å². The Morgan fingerprint density at radius 2 is 1.80 bits per heavy atom. The van der Waals surface area contributed by atoms with Gasteiger partial charge in [-0.15, -0.1) is 0 Å². The molecule has 7 nitrogen and oxygen atoms in total. The first kappa shape index (κ1) is 21.6. The molecule has 1 aromatic carbocycles. The number of benzene rings is 1.